The number of aryl methyl sites for hydroxylation is 2. The summed E-state index contributed by atoms with van der Waals surface area (Å²) in [6.45, 7) is 5.31. The molecule has 0 radical (unpaired) electrons. The lowest BCUT2D eigenvalue weighted by Crippen LogP contribution is -2.50. The minimum Gasteiger partial charge on any atom is -0.481 e. The van der Waals surface area contributed by atoms with E-state index in [1.165, 1.54) is 17.5 Å². The van der Waals surface area contributed by atoms with Crippen LogP contribution in [0, 0.1) is 11.3 Å². The summed E-state index contributed by atoms with van der Waals surface area (Å²) in [6, 6.07) is 6.06. The van der Waals surface area contributed by atoms with E-state index in [-0.39, 0.29) is 18.4 Å². The van der Waals surface area contributed by atoms with Gasteiger partial charge in [0.15, 0.2) is 5.60 Å². The monoisotopic (exact) mass is 358 g/mol. The molecule has 26 heavy (non-hydrogen) atoms. The molecule has 2 saturated heterocycles. The Hall–Kier alpha value is -2.08. The van der Waals surface area contributed by atoms with Gasteiger partial charge in [-0.1, -0.05) is 6.07 Å². The van der Waals surface area contributed by atoms with E-state index in [4.69, 9.17) is 4.74 Å². The third-order valence-corrected chi connectivity index (χ3v) is 6.20. The molecule has 2 atom stereocenters. The Bertz CT molecular complexity index is 760. The number of ether oxygens (including phenoxy) is 1. The molecule has 1 aliphatic carbocycles. The van der Waals surface area contributed by atoms with Crippen molar-refractivity contribution in [2.75, 3.05) is 26.2 Å². The second kappa shape index (κ2) is 5.98. The van der Waals surface area contributed by atoms with Gasteiger partial charge < -0.3 is 20.1 Å². The molecule has 6 nitrogen and oxygen atoms in total. The number of carbonyl (C=O) groups excluding carboxylic acids is 1. The third kappa shape index (κ3) is 2.67. The second-order valence-corrected chi connectivity index (χ2v) is 8.37. The number of nitrogens with zero attached hydrogens (tertiary/aromatic N) is 1. The summed E-state index contributed by atoms with van der Waals surface area (Å²) in [7, 11) is 0. The Morgan fingerprint density at radius 1 is 1.31 bits per heavy atom. The van der Waals surface area contributed by atoms with E-state index in [0.717, 1.165) is 12.8 Å². The molecule has 4 rings (SSSR count). The molecule has 1 aromatic rings. The van der Waals surface area contributed by atoms with Crippen molar-refractivity contribution in [1.29, 1.82) is 0 Å². The first-order valence-corrected chi connectivity index (χ1v) is 9.36. The number of rotatable bonds is 4. The van der Waals surface area contributed by atoms with Gasteiger partial charge in [-0.25, -0.2) is 0 Å². The van der Waals surface area contributed by atoms with Gasteiger partial charge in [0.1, 0.15) is 11.2 Å². The largest absolute Gasteiger partial charge is 0.481 e. The lowest BCUT2D eigenvalue weighted by Gasteiger charge is -2.31. The van der Waals surface area contributed by atoms with E-state index in [1.807, 2.05) is 12.1 Å². The van der Waals surface area contributed by atoms with Gasteiger partial charge in [0.2, 0.25) is 0 Å². The highest BCUT2D eigenvalue weighted by Crippen LogP contribution is 2.40. The summed E-state index contributed by atoms with van der Waals surface area (Å²) < 4.78 is 6.06. The zero-order valence-electron chi connectivity index (χ0n) is 15.4. The molecule has 1 aromatic carbocycles. The Kier molecular flexibility index (Phi) is 3.99. The van der Waals surface area contributed by atoms with Crippen molar-refractivity contribution < 1.29 is 19.4 Å². The van der Waals surface area contributed by atoms with Crippen LogP contribution in [0.4, 0.5) is 0 Å². The average molecular weight is 358 g/mol. The summed E-state index contributed by atoms with van der Waals surface area (Å²) in [5.74, 6) is -0.300. The lowest BCUT2D eigenvalue weighted by atomic mass is 9.81. The lowest BCUT2D eigenvalue weighted by molar-refractivity contribution is -0.150. The summed E-state index contributed by atoms with van der Waals surface area (Å²) in [5, 5.41) is 12.9. The summed E-state index contributed by atoms with van der Waals surface area (Å²) in [5.41, 5.74) is 0.778. The van der Waals surface area contributed by atoms with E-state index >= 15 is 0 Å². The smallest absolute Gasteiger partial charge is 0.313 e. The highest BCUT2D eigenvalue weighted by molar-refractivity contribution is 5.87. The third-order valence-electron chi connectivity index (χ3n) is 6.20. The minimum absolute atomic E-state index is 0.0419. The first-order valence-electron chi connectivity index (χ1n) is 9.36. The van der Waals surface area contributed by atoms with Crippen molar-refractivity contribution in [2.45, 2.75) is 38.7 Å². The number of carboxylic acid groups (broad SMARTS) is 1. The number of hydrogen-bond donors (Lipinski definition) is 2. The van der Waals surface area contributed by atoms with Gasteiger partial charge in [0, 0.05) is 32.1 Å². The molecule has 2 aliphatic heterocycles. The Labute approximate surface area is 153 Å². The standard InChI is InChI=1S/C20H26N2O4/c1-19(2,26-16-7-6-13-4-3-5-14(13)8-16)17(23)22-10-15-9-21-11-20(15,12-22)18(24)25/h6-8,15,21H,3-5,9-12H2,1-2H3,(H,24,25)/t15-,20-/m1/s1. The Morgan fingerprint density at radius 3 is 2.81 bits per heavy atom. The van der Waals surface area contributed by atoms with Crippen LogP contribution in [-0.4, -0.2) is 53.7 Å². The molecule has 2 fully saturated rings. The molecule has 2 heterocycles. The van der Waals surface area contributed by atoms with Crippen LogP contribution in [0.2, 0.25) is 0 Å². The van der Waals surface area contributed by atoms with Gasteiger partial charge in [0.25, 0.3) is 5.91 Å². The van der Waals surface area contributed by atoms with Crippen LogP contribution in [0.15, 0.2) is 18.2 Å². The van der Waals surface area contributed by atoms with Crippen molar-refractivity contribution in [3.8, 4) is 5.75 Å². The van der Waals surface area contributed by atoms with Crippen LogP contribution in [0.1, 0.15) is 31.4 Å². The zero-order chi connectivity index (χ0) is 18.5. The van der Waals surface area contributed by atoms with E-state index < -0.39 is 17.0 Å². The van der Waals surface area contributed by atoms with E-state index in [0.29, 0.717) is 25.4 Å². The summed E-state index contributed by atoms with van der Waals surface area (Å²) in [4.78, 5) is 26.6. The highest BCUT2D eigenvalue weighted by atomic mass is 16.5. The van der Waals surface area contributed by atoms with Gasteiger partial charge >= 0.3 is 5.97 Å². The number of nitrogens with one attached hydrogen (secondary N) is 1. The SMILES string of the molecule is CC(C)(Oc1ccc2c(c1)CCC2)C(=O)N1C[C@H]2CNC[C@@]2(C(=O)O)C1. The van der Waals surface area contributed by atoms with Gasteiger partial charge in [-0.2, -0.15) is 0 Å². The predicted octanol–water partition coefficient (Wildman–Crippen LogP) is 1.47. The first-order chi connectivity index (χ1) is 12.3. The van der Waals surface area contributed by atoms with Crippen LogP contribution >= 0.6 is 0 Å². The van der Waals surface area contributed by atoms with Crippen LogP contribution < -0.4 is 10.1 Å². The number of carboxylic acids is 1. The number of benzene rings is 1. The number of hydrogen-bond acceptors (Lipinski definition) is 4. The molecule has 0 spiro atoms. The van der Waals surface area contributed by atoms with Gasteiger partial charge in [-0.3, -0.25) is 9.59 Å². The molecular formula is C20H26N2O4. The van der Waals surface area contributed by atoms with Crippen LogP contribution in [0.3, 0.4) is 0 Å². The fourth-order valence-corrected chi connectivity index (χ4v) is 4.71. The van der Waals surface area contributed by atoms with Crippen molar-refractivity contribution in [1.82, 2.24) is 10.2 Å². The van der Waals surface area contributed by atoms with Gasteiger partial charge in [0.05, 0.1) is 0 Å². The zero-order valence-corrected chi connectivity index (χ0v) is 15.4. The van der Waals surface area contributed by atoms with Crippen LogP contribution in [0.25, 0.3) is 0 Å². The molecule has 0 unspecified atom stereocenters. The number of fused-ring (bicyclic) bond motifs is 2. The molecule has 2 N–H and O–H groups in total. The summed E-state index contributed by atoms with van der Waals surface area (Å²) in [6.07, 6.45) is 3.34. The molecule has 1 amide bonds. The van der Waals surface area contributed by atoms with E-state index in [1.54, 1.807) is 18.7 Å². The topological polar surface area (TPSA) is 78.9 Å². The molecule has 0 bridgehead atoms. The molecular weight excluding hydrogens is 332 g/mol. The summed E-state index contributed by atoms with van der Waals surface area (Å²) >= 11 is 0. The maximum atomic E-state index is 13.1. The quantitative estimate of drug-likeness (QED) is 0.852. The molecule has 0 saturated carbocycles. The van der Waals surface area contributed by atoms with E-state index in [9.17, 15) is 14.7 Å². The van der Waals surface area contributed by atoms with E-state index in [2.05, 4.69) is 11.4 Å². The molecule has 3 aliphatic rings. The van der Waals surface area contributed by atoms with Crippen LogP contribution in [-0.2, 0) is 22.4 Å². The van der Waals surface area contributed by atoms with Crippen LogP contribution in [0.5, 0.6) is 5.75 Å². The molecule has 6 heteroatoms. The number of amides is 1. The first kappa shape index (κ1) is 17.3. The minimum atomic E-state index is -1.03. The van der Waals surface area contributed by atoms with Gasteiger partial charge in [-0.15, -0.1) is 0 Å². The number of likely N-dealkylation sites (tertiary alicyclic amines) is 1. The highest BCUT2D eigenvalue weighted by Gasteiger charge is 2.57. The molecule has 0 aromatic heterocycles. The maximum absolute atomic E-state index is 13.1. The maximum Gasteiger partial charge on any atom is 0.313 e. The van der Waals surface area contributed by atoms with Crippen molar-refractivity contribution in [3.63, 3.8) is 0 Å². The van der Waals surface area contributed by atoms with Crippen molar-refractivity contribution in [3.05, 3.63) is 29.3 Å². The predicted molar refractivity (Wildman–Crippen MR) is 96.2 cm³/mol. The van der Waals surface area contributed by atoms with Crippen molar-refractivity contribution >= 4 is 11.9 Å². The number of aliphatic carboxylic acids is 1. The van der Waals surface area contributed by atoms with Gasteiger partial charge in [-0.05, 0) is 56.4 Å². The van der Waals surface area contributed by atoms with Crippen molar-refractivity contribution in [2.24, 2.45) is 11.3 Å². The Balaban J connectivity index is 1.49. The molecule has 140 valence electrons. The number of carbonyl (C=O) groups is 2. The Morgan fingerprint density at radius 2 is 2.08 bits per heavy atom. The fraction of sp³-hybridized carbons (Fsp3) is 0.600. The average Bonchev–Trinajstić information content (AvgIpc) is 3.26. The fourth-order valence-electron chi connectivity index (χ4n) is 4.71. The second-order valence-electron chi connectivity index (χ2n) is 8.37. The normalized spacial score (nSPS) is 27.3.